The van der Waals surface area contributed by atoms with Crippen LogP contribution in [0.5, 0.6) is 23.0 Å². The maximum Gasteiger partial charge on any atom is 0.265 e. The Kier molecular flexibility index (Phi) is 6.50. The fourth-order valence-electron chi connectivity index (χ4n) is 3.75. The SMILES string of the molecule is COc1ccc(CC(NC(=O)C2Oc3ccccc3OC2C)c2ccc(OC)cc2)cc1. The highest BCUT2D eigenvalue weighted by Crippen LogP contribution is 2.34. The van der Waals surface area contributed by atoms with Gasteiger partial charge < -0.3 is 24.3 Å². The molecule has 3 atom stereocenters. The van der Waals surface area contributed by atoms with Gasteiger partial charge in [0.05, 0.1) is 20.3 Å². The van der Waals surface area contributed by atoms with Crippen molar-refractivity contribution in [2.75, 3.05) is 14.2 Å². The molecule has 1 aliphatic rings. The Morgan fingerprint density at radius 3 is 2.03 bits per heavy atom. The summed E-state index contributed by atoms with van der Waals surface area (Å²) in [4.78, 5) is 13.3. The second kappa shape index (κ2) is 9.64. The lowest BCUT2D eigenvalue weighted by molar-refractivity contribution is -0.134. The minimum absolute atomic E-state index is 0.221. The first-order valence-electron chi connectivity index (χ1n) is 10.6. The van der Waals surface area contributed by atoms with Crippen LogP contribution < -0.4 is 24.3 Å². The highest BCUT2D eigenvalue weighted by molar-refractivity contribution is 5.82. The second-order valence-corrected chi connectivity index (χ2v) is 7.69. The standard InChI is InChI=1S/C26H27NO5/c1-17-25(32-24-7-5-4-6-23(24)31-17)26(28)27-22(19-10-14-21(30-3)15-11-19)16-18-8-12-20(29-2)13-9-18/h4-15,17,22,25H,16H2,1-3H3,(H,27,28). The smallest absolute Gasteiger partial charge is 0.265 e. The average molecular weight is 434 g/mol. The summed E-state index contributed by atoms with van der Waals surface area (Å²) >= 11 is 0. The van der Waals surface area contributed by atoms with E-state index in [1.807, 2.05) is 73.7 Å². The number of rotatable bonds is 7. The van der Waals surface area contributed by atoms with Gasteiger partial charge in [-0.25, -0.2) is 0 Å². The van der Waals surface area contributed by atoms with Gasteiger partial charge in [0.2, 0.25) is 6.10 Å². The van der Waals surface area contributed by atoms with E-state index in [1.54, 1.807) is 20.3 Å². The van der Waals surface area contributed by atoms with E-state index < -0.39 is 12.2 Å². The molecule has 4 rings (SSSR count). The van der Waals surface area contributed by atoms with E-state index in [1.165, 1.54) is 0 Å². The fourth-order valence-corrected chi connectivity index (χ4v) is 3.75. The Balaban J connectivity index is 1.55. The average Bonchev–Trinajstić information content (AvgIpc) is 2.83. The highest BCUT2D eigenvalue weighted by Gasteiger charge is 2.35. The second-order valence-electron chi connectivity index (χ2n) is 7.69. The molecule has 0 saturated carbocycles. The number of carbonyl (C=O) groups excluding carboxylic acids is 1. The molecule has 1 amide bonds. The summed E-state index contributed by atoms with van der Waals surface area (Å²) in [5.41, 5.74) is 2.05. The minimum atomic E-state index is -0.749. The van der Waals surface area contributed by atoms with Crippen molar-refractivity contribution in [3.05, 3.63) is 83.9 Å². The van der Waals surface area contributed by atoms with Crippen molar-refractivity contribution >= 4 is 5.91 Å². The Morgan fingerprint density at radius 2 is 1.44 bits per heavy atom. The van der Waals surface area contributed by atoms with Crippen LogP contribution >= 0.6 is 0 Å². The van der Waals surface area contributed by atoms with E-state index in [0.717, 1.165) is 22.6 Å². The van der Waals surface area contributed by atoms with Crippen molar-refractivity contribution in [1.29, 1.82) is 0 Å². The van der Waals surface area contributed by atoms with Gasteiger partial charge in [-0.15, -0.1) is 0 Å². The zero-order valence-corrected chi connectivity index (χ0v) is 18.4. The first-order chi connectivity index (χ1) is 15.6. The van der Waals surface area contributed by atoms with Crippen molar-refractivity contribution in [2.24, 2.45) is 0 Å². The molecule has 0 radical (unpaired) electrons. The summed E-state index contributed by atoms with van der Waals surface area (Å²) in [5, 5.41) is 3.16. The lowest BCUT2D eigenvalue weighted by Crippen LogP contribution is -2.50. The summed E-state index contributed by atoms with van der Waals surface area (Å²) < 4.78 is 22.4. The van der Waals surface area contributed by atoms with Crippen LogP contribution in [0.1, 0.15) is 24.1 Å². The third-order valence-electron chi connectivity index (χ3n) is 5.53. The van der Waals surface area contributed by atoms with Crippen molar-refractivity contribution in [1.82, 2.24) is 5.32 Å². The van der Waals surface area contributed by atoms with Gasteiger partial charge in [0.25, 0.3) is 5.91 Å². The molecular formula is C26H27NO5. The lowest BCUT2D eigenvalue weighted by Gasteiger charge is -2.32. The molecular weight excluding hydrogens is 406 g/mol. The number of hydrogen-bond donors (Lipinski definition) is 1. The molecule has 32 heavy (non-hydrogen) atoms. The van der Waals surface area contributed by atoms with Crippen LogP contribution in [0.15, 0.2) is 72.8 Å². The van der Waals surface area contributed by atoms with Crippen molar-refractivity contribution in [3.8, 4) is 23.0 Å². The fraction of sp³-hybridized carbons (Fsp3) is 0.269. The van der Waals surface area contributed by atoms with Crippen molar-refractivity contribution in [2.45, 2.75) is 31.6 Å². The molecule has 6 nitrogen and oxygen atoms in total. The molecule has 1 heterocycles. The van der Waals surface area contributed by atoms with Gasteiger partial charge in [-0.3, -0.25) is 4.79 Å². The summed E-state index contributed by atoms with van der Waals surface area (Å²) in [6.45, 7) is 1.84. The topological polar surface area (TPSA) is 66.0 Å². The summed E-state index contributed by atoms with van der Waals surface area (Å²) in [6, 6.07) is 22.7. The zero-order chi connectivity index (χ0) is 22.5. The van der Waals surface area contributed by atoms with Crippen molar-refractivity contribution < 1.29 is 23.7 Å². The number of benzene rings is 3. The third-order valence-corrected chi connectivity index (χ3v) is 5.53. The molecule has 166 valence electrons. The van der Waals surface area contributed by atoms with Crippen molar-refractivity contribution in [3.63, 3.8) is 0 Å². The van der Waals surface area contributed by atoms with E-state index in [9.17, 15) is 4.79 Å². The number of methoxy groups -OCH3 is 2. The van der Waals surface area contributed by atoms with E-state index in [2.05, 4.69) is 5.32 Å². The number of fused-ring (bicyclic) bond motifs is 1. The highest BCUT2D eigenvalue weighted by atomic mass is 16.6. The zero-order valence-electron chi connectivity index (χ0n) is 18.4. The van der Waals surface area contributed by atoms with Crippen LogP contribution in [0.4, 0.5) is 0 Å². The first-order valence-corrected chi connectivity index (χ1v) is 10.6. The molecule has 1 N–H and O–H groups in total. The number of para-hydroxylation sites is 2. The Bertz CT molecular complexity index is 1050. The van der Waals surface area contributed by atoms with E-state index in [4.69, 9.17) is 18.9 Å². The molecule has 0 spiro atoms. The van der Waals surface area contributed by atoms with Crippen LogP contribution in [0.2, 0.25) is 0 Å². The van der Waals surface area contributed by atoms with Gasteiger partial charge in [-0.1, -0.05) is 36.4 Å². The third kappa shape index (κ3) is 4.80. The van der Waals surface area contributed by atoms with Crippen LogP contribution in [-0.2, 0) is 11.2 Å². The minimum Gasteiger partial charge on any atom is -0.497 e. The molecule has 0 fully saturated rings. The molecule has 0 aliphatic carbocycles. The Hall–Kier alpha value is -3.67. The summed E-state index contributed by atoms with van der Waals surface area (Å²) in [5.74, 6) is 2.55. The van der Waals surface area contributed by atoms with Gasteiger partial charge in [-0.2, -0.15) is 0 Å². The van der Waals surface area contributed by atoms with Crippen LogP contribution in [0.3, 0.4) is 0 Å². The van der Waals surface area contributed by atoms with Gasteiger partial charge in [0.1, 0.15) is 17.6 Å². The molecule has 6 heteroatoms. The number of nitrogens with one attached hydrogen (secondary N) is 1. The summed E-state index contributed by atoms with van der Waals surface area (Å²) in [6.07, 6.45) is -0.551. The maximum atomic E-state index is 13.3. The molecule has 3 unspecified atom stereocenters. The van der Waals surface area contributed by atoms with Gasteiger partial charge in [0.15, 0.2) is 11.5 Å². The number of amides is 1. The van der Waals surface area contributed by atoms with Gasteiger partial charge >= 0.3 is 0 Å². The Morgan fingerprint density at radius 1 is 0.875 bits per heavy atom. The predicted molar refractivity (Wildman–Crippen MR) is 122 cm³/mol. The number of hydrogen-bond acceptors (Lipinski definition) is 5. The molecule has 1 aliphatic heterocycles. The number of ether oxygens (including phenoxy) is 4. The molecule has 0 saturated heterocycles. The van der Waals surface area contributed by atoms with Crippen LogP contribution in [-0.4, -0.2) is 32.3 Å². The predicted octanol–water partition coefficient (Wildman–Crippen LogP) is 4.33. The summed E-state index contributed by atoms with van der Waals surface area (Å²) in [7, 11) is 3.27. The van der Waals surface area contributed by atoms with E-state index >= 15 is 0 Å². The first kappa shape index (κ1) is 21.6. The largest absolute Gasteiger partial charge is 0.497 e. The van der Waals surface area contributed by atoms with Crippen LogP contribution in [0.25, 0.3) is 0 Å². The lowest BCUT2D eigenvalue weighted by atomic mass is 9.98. The molecule has 0 bridgehead atoms. The van der Waals surface area contributed by atoms with Gasteiger partial charge in [0, 0.05) is 0 Å². The quantitative estimate of drug-likeness (QED) is 0.601. The van der Waals surface area contributed by atoms with E-state index in [0.29, 0.717) is 17.9 Å². The molecule has 3 aromatic carbocycles. The van der Waals surface area contributed by atoms with E-state index in [-0.39, 0.29) is 11.9 Å². The number of carbonyl (C=O) groups is 1. The normalized spacial score (nSPS) is 17.8. The Labute approximate surface area is 188 Å². The van der Waals surface area contributed by atoms with Gasteiger partial charge in [-0.05, 0) is 60.9 Å². The van der Waals surface area contributed by atoms with Crippen LogP contribution in [0, 0.1) is 0 Å². The molecule has 3 aromatic rings. The maximum absolute atomic E-state index is 13.3. The monoisotopic (exact) mass is 433 g/mol. The molecule has 0 aromatic heterocycles.